The quantitative estimate of drug-likeness (QED) is 0.598. The monoisotopic (exact) mass is 430 g/mol. The molecule has 162 valence electrons. The average Bonchev–Trinajstić information content (AvgIpc) is 3.24. The fraction of sp³-hybridized carbons (Fsp3) is 0.318. The fourth-order valence-electron chi connectivity index (χ4n) is 3.70. The average molecular weight is 430 g/mol. The van der Waals surface area contributed by atoms with Gasteiger partial charge in [-0.1, -0.05) is 41.1 Å². The van der Waals surface area contributed by atoms with Gasteiger partial charge in [-0.15, -0.1) is 0 Å². The number of nitrogens with zero attached hydrogens (tertiary/aromatic N) is 3. The van der Waals surface area contributed by atoms with Gasteiger partial charge in [-0.2, -0.15) is 18.2 Å². The van der Waals surface area contributed by atoms with Crippen LogP contribution in [-0.2, 0) is 6.18 Å². The number of hydrogen-bond acceptors (Lipinski definition) is 4. The summed E-state index contributed by atoms with van der Waals surface area (Å²) in [5.41, 5.74) is 0.769. The number of rotatable bonds is 3. The number of anilines is 1. The van der Waals surface area contributed by atoms with Crippen LogP contribution in [0.5, 0.6) is 0 Å². The van der Waals surface area contributed by atoms with E-state index in [1.165, 1.54) is 23.1 Å². The van der Waals surface area contributed by atoms with Crippen molar-refractivity contribution in [2.24, 2.45) is 0 Å². The number of benzene rings is 2. The number of para-hydroxylation sites is 1. The van der Waals surface area contributed by atoms with Crippen molar-refractivity contribution in [2.75, 3.05) is 18.4 Å². The molecule has 0 bridgehead atoms. The molecule has 1 saturated heterocycles. The van der Waals surface area contributed by atoms with Crippen molar-refractivity contribution >= 4 is 11.7 Å². The summed E-state index contributed by atoms with van der Waals surface area (Å²) in [5, 5.41) is 6.45. The molecule has 0 aliphatic carbocycles. The second-order valence-corrected chi connectivity index (χ2v) is 7.58. The highest BCUT2D eigenvalue weighted by Gasteiger charge is 2.34. The number of amides is 2. The normalized spacial score (nSPS) is 16.9. The van der Waals surface area contributed by atoms with Gasteiger partial charge < -0.3 is 14.7 Å². The number of likely N-dealkylation sites (tertiary alicyclic amines) is 1. The number of aryl methyl sites for hydroxylation is 1. The Labute approximate surface area is 177 Å². The van der Waals surface area contributed by atoms with E-state index in [1.54, 1.807) is 0 Å². The molecular formula is C22H21F3N4O2. The van der Waals surface area contributed by atoms with Crippen molar-refractivity contribution in [2.45, 2.75) is 31.9 Å². The number of halogens is 3. The Bertz CT molecular complexity index is 1080. The van der Waals surface area contributed by atoms with E-state index in [2.05, 4.69) is 15.5 Å². The molecule has 3 aromatic rings. The molecule has 1 aromatic heterocycles. The second kappa shape index (κ2) is 8.41. The van der Waals surface area contributed by atoms with Crippen molar-refractivity contribution in [3.63, 3.8) is 0 Å². The first kappa shape index (κ1) is 20.9. The predicted molar refractivity (Wildman–Crippen MR) is 108 cm³/mol. The molecule has 0 spiro atoms. The van der Waals surface area contributed by atoms with Crippen LogP contribution in [0.15, 0.2) is 53.1 Å². The Morgan fingerprint density at radius 2 is 2.00 bits per heavy atom. The van der Waals surface area contributed by atoms with Gasteiger partial charge in [0.2, 0.25) is 11.7 Å². The minimum absolute atomic E-state index is 0.177. The van der Waals surface area contributed by atoms with E-state index in [0.717, 1.165) is 23.6 Å². The van der Waals surface area contributed by atoms with Gasteiger partial charge in [0.05, 0.1) is 17.2 Å². The third-order valence-corrected chi connectivity index (χ3v) is 5.25. The fourth-order valence-corrected chi connectivity index (χ4v) is 3.70. The number of carbonyl (C=O) groups is 1. The molecule has 0 radical (unpaired) electrons. The maximum absolute atomic E-state index is 13.2. The topological polar surface area (TPSA) is 71.3 Å². The van der Waals surface area contributed by atoms with Gasteiger partial charge in [-0.25, -0.2) is 4.79 Å². The molecule has 2 amide bonds. The largest absolute Gasteiger partial charge is 0.418 e. The van der Waals surface area contributed by atoms with E-state index in [-0.39, 0.29) is 18.2 Å². The molecular weight excluding hydrogens is 409 g/mol. The number of piperidine rings is 1. The predicted octanol–water partition coefficient (Wildman–Crippen LogP) is 5.48. The Kier molecular flexibility index (Phi) is 5.67. The number of aromatic nitrogens is 2. The highest BCUT2D eigenvalue weighted by atomic mass is 19.4. The molecule has 1 N–H and O–H groups in total. The molecule has 31 heavy (non-hydrogen) atoms. The number of urea groups is 1. The van der Waals surface area contributed by atoms with Crippen molar-refractivity contribution in [3.8, 4) is 11.4 Å². The van der Waals surface area contributed by atoms with Gasteiger partial charge in [-0.3, -0.25) is 0 Å². The zero-order valence-electron chi connectivity index (χ0n) is 16.8. The number of nitrogens with one attached hydrogen (secondary N) is 1. The zero-order chi connectivity index (χ0) is 22.0. The maximum atomic E-state index is 13.2. The molecule has 1 atom stereocenters. The molecule has 2 heterocycles. The third kappa shape index (κ3) is 4.70. The summed E-state index contributed by atoms with van der Waals surface area (Å²) >= 11 is 0. The first-order valence-electron chi connectivity index (χ1n) is 9.94. The molecule has 4 rings (SSSR count). The SMILES string of the molecule is Cc1cccc(-c2noc(C3CCCN(C(=O)Nc4ccccc4C(F)(F)F)C3)n2)c1. The molecule has 6 nitrogen and oxygen atoms in total. The summed E-state index contributed by atoms with van der Waals surface area (Å²) in [5.74, 6) is 0.715. The highest BCUT2D eigenvalue weighted by molar-refractivity contribution is 5.90. The first-order valence-corrected chi connectivity index (χ1v) is 9.94. The number of hydrogen-bond donors (Lipinski definition) is 1. The lowest BCUT2D eigenvalue weighted by Crippen LogP contribution is -2.42. The van der Waals surface area contributed by atoms with E-state index in [9.17, 15) is 18.0 Å². The zero-order valence-corrected chi connectivity index (χ0v) is 16.8. The molecule has 2 aromatic carbocycles. The summed E-state index contributed by atoms with van der Waals surface area (Å²) in [4.78, 5) is 18.6. The van der Waals surface area contributed by atoms with E-state index in [4.69, 9.17) is 4.52 Å². The smallest absolute Gasteiger partial charge is 0.339 e. The Morgan fingerprint density at radius 3 is 2.77 bits per heavy atom. The Balaban J connectivity index is 1.47. The molecule has 0 saturated carbocycles. The molecule has 9 heteroatoms. The molecule has 1 fully saturated rings. The van der Waals surface area contributed by atoms with Crippen molar-refractivity contribution in [1.29, 1.82) is 0 Å². The van der Waals surface area contributed by atoms with Crippen LogP contribution in [0.2, 0.25) is 0 Å². The Morgan fingerprint density at radius 1 is 1.19 bits per heavy atom. The molecule has 1 aliphatic heterocycles. The first-order chi connectivity index (χ1) is 14.8. The minimum Gasteiger partial charge on any atom is -0.339 e. The van der Waals surface area contributed by atoms with Gasteiger partial charge in [0.1, 0.15) is 0 Å². The van der Waals surface area contributed by atoms with Crippen LogP contribution in [0.1, 0.15) is 35.8 Å². The van der Waals surface area contributed by atoms with Crippen LogP contribution in [0.25, 0.3) is 11.4 Å². The lowest BCUT2D eigenvalue weighted by atomic mass is 9.98. The van der Waals surface area contributed by atoms with Crippen molar-refractivity contribution in [1.82, 2.24) is 15.0 Å². The standard InChI is InChI=1S/C22H21F3N4O2/c1-14-6-4-7-15(12-14)19-27-20(31-28-19)16-8-5-11-29(13-16)21(30)26-18-10-3-2-9-17(18)22(23,24)25/h2-4,6-7,9-10,12,16H,5,8,11,13H2,1H3,(H,26,30). The lowest BCUT2D eigenvalue weighted by Gasteiger charge is -2.31. The maximum Gasteiger partial charge on any atom is 0.418 e. The third-order valence-electron chi connectivity index (χ3n) is 5.25. The van der Waals surface area contributed by atoms with Crippen LogP contribution in [0.3, 0.4) is 0 Å². The van der Waals surface area contributed by atoms with Gasteiger partial charge in [0.25, 0.3) is 0 Å². The van der Waals surface area contributed by atoms with Crippen LogP contribution in [0.4, 0.5) is 23.7 Å². The minimum atomic E-state index is -4.55. The van der Waals surface area contributed by atoms with E-state index in [1.807, 2.05) is 31.2 Å². The van der Waals surface area contributed by atoms with Gasteiger partial charge in [-0.05, 0) is 38.0 Å². The molecule has 1 unspecified atom stereocenters. The van der Waals surface area contributed by atoms with Gasteiger partial charge in [0.15, 0.2) is 0 Å². The van der Waals surface area contributed by atoms with Gasteiger partial charge in [0, 0.05) is 18.7 Å². The van der Waals surface area contributed by atoms with Crippen LogP contribution < -0.4 is 5.32 Å². The number of alkyl halides is 3. The van der Waals surface area contributed by atoms with E-state index < -0.39 is 17.8 Å². The summed E-state index contributed by atoms with van der Waals surface area (Å²) in [6, 6.07) is 12.1. The van der Waals surface area contributed by atoms with E-state index >= 15 is 0 Å². The summed E-state index contributed by atoms with van der Waals surface area (Å²) in [6.45, 7) is 2.70. The van der Waals surface area contributed by atoms with Crippen LogP contribution in [-0.4, -0.2) is 34.2 Å². The van der Waals surface area contributed by atoms with Crippen molar-refractivity contribution in [3.05, 3.63) is 65.5 Å². The highest BCUT2D eigenvalue weighted by Crippen LogP contribution is 2.35. The number of carbonyl (C=O) groups excluding carboxylic acids is 1. The Hall–Kier alpha value is -3.36. The van der Waals surface area contributed by atoms with Crippen LogP contribution >= 0.6 is 0 Å². The lowest BCUT2D eigenvalue weighted by molar-refractivity contribution is -0.136. The van der Waals surface area contributed by atoms with Crippen molar-refractivity contribution < 1.29 is 22.5 Å². The summed E-state index contributed by atoms with van der Waals surface area (Å²) in [7, 11) is 0. The summed E-state index contributed by atoms with van der Waals surface area (Å²) < 4.78 is 45.0. The van der Waals surface area contributed by atoms with Crippen LogP contribution in [0, 0.1) is 6.92 Å². The molecule has 1 aliphatic rings. The second-order valence-electron chi connectivity index (χ2n) is 7.58. The van der Waals surface area contributed by atoms with E-state index in [0.29, 0.717) is 24.7 Å². The summed E-state index contributed by atoms with van der Waals surface area (Å²) in [6.07, 6.45) is -3.12. The van der Waals surface area contributed by atoms with Gasteiger partial charge >= 0.3 is 12.2 Å².